The van der Waals surface area contributed by atoms with Gasteiger partial charge in [0.25, 0.3) is 0 Å². The highest BCUT2D eigenvalue weighted by Gasteiger charge is 2.16. The number of methoxy groups -OCH3 is 1. The highest BCUT2D eigenvalue weighted by Crippen LogP contribution is 2.15. The van der Waals surface area contributed by atoms with Gasteiger partial charge in [-0.1, -0.05) is 12.1 Å². The zero-order valence-corrected chi connectivity index (χ0v) is 9.86. The quantitative estimate of drug-likeness (QED) is 0.841. The lowest BCUT2D eigenvalue weighted by Crippen LogP contribution is -2.42. The Morgan fingerprint density at radius 1 is 1.38 bits per heavy atom. The maximum absolute atomic E-state index is 5.96. The first kappa shape index (κ1) is 11.4. The van der Waals surface area contributed by atoms with Crippen LogP contribution >= 0.6 is 0 Å². The van der Waals surface area contributed by atoms with Crippen LogP contribution in [0.25, 0.3) is 0 Å². The van der Waals surface area contributed by atoms with Crippen LogP contribution in [-0.4, -0.2) is 31.1 Å². The molecular weight excluding hydrogens is 200 g/mol. The summed E-state index contributed by atoms with van der Waals surface area (Å²) in [5.41, 5.74) is 7.29. The van der Waals surface area contributed by atoms with E-state index in [4.69, 9.17) is 10.5 Å². The van der Waals surface area contributed by atoms with E-state index in [1.54, 1.807) is 7.11 Å². The molecule has 1 atom stereocenters. The van der Waals surface area contributed by atoms with Crippen molar-refractivity contribution >= 4 is 0 Å². The van der Waals surface area contributed by atoms with Gasteiger partial charge < -0.3 is 10.5 Å². The van der Waals surface area contributed by atoms with Crippen LogP contribution in [0.3, 0.4) is 0 Å². The van der Waals surface area contributed by atoms with Gasteiger partial charge in [0.15, 0.2) is 0 Å². The Labute approximate surface area is 97.2 Å². The lowest BCUT2D eigenvalue weighted by Gasteiger charge is -2.30. The number of piperidine rings is 1. The highest BCUT2D eigenvalue weighted by atomic mass is 16.5. The average molecular weight is 220 g/mol. The Balaban J connectivity index is 1.92. The third kappa shape index (κ3) is 2.97. The minimum absolute atomic E-state index is 0.354. The van der Waals surface area contributed by atoms with Gasteiger partial charge in [-0.25, -0.2) is 0 Å². The Kier molecular flexibility index (Phi) is 3.80. The first-order valence-electron chi connectivity index (χ1n) is 5.89. The first-order valence-corrected chi connectivity index (χ1v) is 5.89. The summed E-state index contributed by atoms with van der Waals surface area (Å²) in [7, 11) is 1.69. The number of hydrogen-bond donors (Lipinski definition) is 1. The number of nitrogens with two attached hydrogens (primary N) is 1. The molecule has 1 fully saturated rings. The maximum Gasteiger partial charge on any atom is 0.118 e. The Morgan fingerprint density at radius 2 is 2.12 bits per heavy atom. The molecule has 0 aliphatic carbocycles. The summed E-state index contributed by atoms with van der Waals surface area (Å²) in [6.45, 7) is 3.18. The van der Waals surface area contributed by atoms with E-state index in [0.717, 1.165) is 18.8 Å². The van der Waals surface area contributed by atoms with E-state index in [-0.39, 0.29) is 0 Å². The van der Waals surface area contributed by atoms with Crippen molar-refractivity contribution in [3.63, 3.8) is 0 Å². The van der Waals surface area contributed by atoms with Crippen LogP contribution in [0.2, 0.25) is 0 Å². The molecule has 3 heteroatoms. The van der Waals surface area contributed by atoms with Crippen molar-refractivity contribution in [3.8, 4) is 5.75 Å². The van der Waals surface area contributed by atoms with Gasteiger partial charge in [0.1, 0.15) is 5.75 Å². The molecule has 3 nitrogen and oxygen atoms in total. The monoisotopic (exact) mass is 220 g/mol. The fourth-order valence-electron chi connectivity index (χ4n) is 2.22. The van der Waals surface area contributed by atoms with Crippen LogP contribution in [0.15, 0.2) is 24.3 Å². The average Bonchev–Trinajstić information content (AvgIpc) is 2.30. The van der Waals surface area contributed by atoms with E-state index in [0.29, 0.717) is 6.04 Å². The normalized spacial score (nSPS) is 22.0. The maximum atomic E-state index is 5.96. The zero-order valence-electron chi connectivity index (χ0n) is 9.86. The number of ether oxygens (including phenoxy) is 1. The SMILES string of the molecule is COc1ccc(CN2CCC[C@@H](N)C2)cc1. The summed E-state index contributed by atoms with van der Waals surface area (Å²) in [5, 5.41) is 0. The van der Waals surface area contributed by atoms with E-state index in [1.165, 1.54) is 24.9 Å². The third-order valence-corrected chi connectivity index (χ3v) is 3.11. The second kappa shape index (κ2) is 5.32. The van der Waals surface area contributed by atoms with Crippen LogP contribution in [0.4, 0.5) is 0 Å². The Hall–Kier alpha value is -1.06. The molecule has 0 spiro atoms. The van der Waals surface area contributed by atoms with Crippen molar-refractivity contribution < 1.29 is 4.74 Å². The van der Waals surface area contributed by atoms with E-state index in [2.05, 4.69) is 17.0 Å². The predicted octanol–water partition coefficient (Wildman–Crippen LogP) is 1.62. The first-order chi connectivity index (χ1) is 7.78. The molecule has 0 aromatic heterocycles. The van der Waals surface area contributed by atoms with Crippen molar-refractivity contribution in [2.45, 2.75) is 25.4 Å². The number of rotatable bonds is 3. The summed E-state index contributed by atoms with van der Waals surface area (Å²) < 4.78 is 5.14. The summed E-state index contributed by atoms with van der Waals surface area (Å²) in [4.78, 5) is 2.43. The van der Waals surface area contributed by atoms with Gasteiger partial charge >= 0.3 is 0 Å². The minimum atomic E-state index is 0.354. The number of likely N-dealkylation sites (tertiary alicyclic amines) is 1. The van der Waals surface area contributed by atoms with Gasteiger partial charge in [0.05, 0.1) is 7.11 Å². The summed E-state index contributed by atoms with van der Waals surface area (Å²) in [6, 6.07) is 8.63. The molecule has 0 amide bonds. The molecule has 1 aliphatic rings. The molecule has 1 aliphatic heterocycles. The smallest absolute Gasteiger partial charge is 0.118 e. The molecule has 1 heterocycles. The zero-order chi connectivity index (χ0) is 11.4. The van der Waals surface area contributed by atoms with Crippen molar-refractivity contribution in [1.82, 2.24) is 4.90 Å². The summed E-state index contributed by atoms with van der Waals surface area (Å²) in [6.07, 6.45) is 2.39. The van der Waals surface area contributed by atoms with E-state index in [9.17, 15) is 0 Å². The van der Waals surface area contributed by atoms with Crippen molar-refractivity contribution in [2.75, 3.05) is 20.2 Å². The van der Waals surface area contributed by atoms with E-state index < -0.39 is 0 Å². The minimum Gasteiger partial charge on any atom is -0.497 e. The van der Waals surface area contributed by atoms with Gasteiger partial charge in [-0.3, -0.25) is 4.90 Å². The van der Waals surface area contributed by atoms with Crippen LogP contribution in [0, 0.1) is 0 Å². The van der Waals surface area contributed by atoms with Crippen molar-refractivity contribution in [2.24, 2.45) is 5.73 Å². The molecule has 0 unspecified atom stereocenters. The summed E-state index contributed by atoms with van der Waals surface area (Å²) in [5.74, 6) is 0.916. The van der Waals surface area contributed by atoms with Gasteiger partial charge in [0, 0.05) is 19.1 Å². The standard InChI is InChI=1S/C13H20N2O/c1-16-13-6-4-11(5-7-13)9-15-8-2-3-12(14)10-15/h4-7,12H,2-3,8-10,14H2,1H3/t12-/m1/s1. The van der Waals surface area contributed by atoms with Crippen LogP contribution in [0.5, 0.6) is 5.75 Å². The molecule has 0 bridgehead atoms. The van der Waals surface area contributed by atoms with Gasteiger partial charge in [-0.15, -0.1) is 0 Å². The fourth-order valence-corrected chi connectivity index (χ4v) is 2.22. The molecule has 16 heavy (non-hydrogen) atoms. The topological polar surface area (TPSA) is 38.5 Å². The van der Waals surface area contributed by atoms with Crippen LogP contribution < -0.4 is 10.5 Å². The molecule has 88 valence electrons. The highest BCUT2D eigenvalue weighted by molar-refractivity contribution is 5.27. The molecule has 0 radical (unpaired) electrons. The lowest BCUT2D eigenvalue weighted by atomic mass is 10.1. The van der Waals surface area contributed by atoms with E-state index >= 15 is 0 Å². The molecule has 1 aromatic carbocycles. The number of hydrogen-bond acceptors (Lipinski definition) is 3. The van der Waals surface area contributed by atoms with Gasteiger partial charge in [0.2, 0.25) is 0 Å². The molecule has 0 saturated carbocycles. The Morgan fingerprint density at radius 3 is 2.75 bits per heavy atom. The number of benzene rings is 1. The van der Waals surface area contributed by atoms with Gasteiger partial charge in [-0.05, 0) is 37.1 Å². The van der Waals surface area contributed by atoms with E-state index in [1.807, 2.05) is 12.1 Å². The Bertz CT molecular complexity index is 323. The second-order valence-corrected chi connectivity index (χ2v) is 4.49. The third-order valence-electron chi connectivity index (χ3n) is 3.11. The number of nitrogens with zero attached hydrogens (tertiary/aromatic N) is 1. The summed E-state index contributed by atoms with van der Waals surface area (Å²) >= 11 is 0. The largest absolute Gasteiger partial charge is 0.497 e. The molecule has 2 N–H and O–H groups in total. The van der Waals surface area contributed by atoms with Crippen molar-refractivity contribution in [1.29, 1.82) is 0 Å². The second-order valence-electron chi connectivity index (χ2n) is 4.49. The predicted molar refractivity (Wildman–Crippen MR) is 65.5 cm³/mol. The van der Waals surface area contributed by atoms with Gasteiger partial charge in [-0.2, -0.15) is 0 Å². The van der Waals surface area contributed by atoms with Crippen LogP contribution in [0.1, 0.15) is 18.4 Å². The molecule has 2 rings (SSSR count). The lowest BCUT2D eigenvalue weighted by molar-refractivity contribution is 0.201. The van der Waals surface area contributed by atoms with Crippen molar-refractivity contribution in [3.05, 3.63) is 29.8 Å². The molecule has 1 saturated heterocycles. The van der Waals surface area contributed by atoms with Crippen LogP contribution in [-0.2, 0) is 6.54 Å². The fraction of sp³-hybridized carbons (Fsp3) is 0.538. The molecule has 1 aromatic rings. The molecular formula is C13H20N2O.